The fraction of sp³-hybridized carbons (Fsp3) is 0.500. The molecule has 0 amide bonds. The topological polar surface area (TPSA) is 38.7 Å². The number of hydrogen-bond acceptors (Lipinski definition) is 3. The van der Waals surface area contributed by atoms with E-state index in [9.17, 15) is 0 Å². The lowest BCUT2D eigenvalue weighted by molar-refractivity contribution is -0.0390. The summed E-state index contributed by atoms with van der Waals surface area (Å²) in [6.45, 7) is 2.34. The Morgan fingerprint density at radius 3 is 2.95 bits per heavy atom. The zero-order valence-corrected chi connectivity index (χ0v) is 11.1. The predicted molar refractivity (Wildman–Crippen MR) is 73.7 cm³/mol. The summed E-state index contributed by atoms with van der Waals surface area (Å²) in [7, 11) is 0. The van der Waals surface area contributed by atoms with E-state index < -0.39 is 0 Å². The highest BCUT2D eigenvalue weighted by atomic mass is 16.5. The standard InChI is InChI=1S/C16H20O3/c17-9-2-1-4-14-5-3-6-15(12-14)13-19-16-7-10-18-11-8-16/h3,5-6,12,16-17H,2,7-11,13H2. The summed E-state index contributed by atoms with van der Waals surface area (Å²) in [5.41, 5.74) is 2.11. The zero-order valence-electron chi connectivity index (χ0n) is 11.1. The van der Waals surface area contributed by atoms with Crippen molar-refractivity contribution < 1.29 is 14.6 Å². The quantitative estimate of drug-likeness (QED) is 0.843. The van der Waals surface area contributed by atoms with Crippen molar-refractivity contribution in [1.29, 1.82) is 0 Å². The van der Waals surface area contributed by atoms with E-state index in [1.165, 1.54) is 0 Å². The molecule has 0 atom stereocenters. The largest absolute Gasteiger partial charge is 0.395 e. The molecule has 0 radical (unpaired) electrons. The summed E-state index contributed by atoms with van der Waals surface area (Å²) in [5, 5.41) is 8.69. The molecule has 1 aromatic rings. The second kappa shape index (κ2) is 7.96. The summed E-state index contributed by atoms with van der Waals surface area (Å²) < 4.78 is 11.2. The molecule has 1 aromatic carbocycles. The average molecular weight is 260 g/mol. The van der Waals surface area contributed by atoms with Crippen LogP contribution in [-0.2, 0) is 16.1 Å². The van der Waals surface area contributed by atoms with Crippen molar-refractivity contribution in [1.82, 2.24) is 0 Å². The van der Waals surface area contributed by atoms with Crippen molar-refractivity contribution in [3.63, 3.8) is 0 Å². The van der Waals surface area contributed by atoms with Crippen molar-refractivity contribution in [2.45, 2.75) is 32.0 Å². The van der Waals surface area contributed by atoms with E-state index in [2.05, 4.69) is 17.9 Å². The Hall–Kier alpha value is -1.34. The van der Waals surface area contributed by atoms with E-state index in [-0.39, 0.29) is 6.61 Å². The Balaban J connectivity index is 1.86. The fourth-order valence-corrected chi connectivity index (χ4v) is 2.02. The molecule has 1 heterocycles. The van der Waals surface area contributed by atoms with E-state index >= 15 is 0 Å². The Morgan fingerprint density at radius 2 is 2.16 bits per heavy atom. The Morgan fingerprint density at radius 1 is 1.32 bits per heavy atom. The molecule has 0 bridgehead atoms. The van der Waals surface area contributed by atoms with Crippen LogP contribution in [0.15, 0.2) is 24.3 Å². The molecule has 102 valence electrons. The van der Waals surface area contributed by atoms with Gasteiger partial charge < -0.3 is 14.6 Å². The number of aliphatic hydroxyl groups is 1. The first-order valence-electron chi connectivity index (χ1n) is 6.76. The van der Waals surface area contributed by atoms with Crippen LogP contribution in [0.25, 0.3) is 0 Å². The van der Waals surface area contributed by atoms with Gasteiger partial charge >= 0.3 is 0 Å². The molecular formula is C16H20O3. The molecule has 1 aliphatic rings. The summed E-state index contributed by atoms with van der Waals surface area (Å²) in [5.74, 6) is 5.97. The molecule has 0 aromatic heterocycles. The van der Waals surface area contributed by atoms with Crippen LogP contribution in [0.4, 0.5) is 0 Å². The van der Waals surface area contributed by atoms with E-state index in [0.717, 1.165) is 37.2 Å². The maximum absolute atomic E-state index is 8.69. The number of hydrogen-bond donors (Lipinski definition) is 1. The number of aliphatic hydroxyl groups excluding tert-OH is 1. The van der Waals surface area contributed by atoms with Crippen molar-refractivity contribution in [2.24, 2.45) is 0 Å². The van der Waals surface area contributed by atoms with Crippen LogP contribution in [0.5, 0.6) is 0 Å². The zero-order chi connectivity index (χ0) is 13.3. The van der Waals surface area contributed by atoms with Gasteiger partial charge in [-0.25, -0.2) is 0 Å². The smallest absolute Gasteiger partial charge is 0.0721 e. The van der Waals surface area contributed by atoms with E-state index in [1.807, 2.05) is 18.2 Å². The van der Waals surface area contributed by atoms with Gasteiger partial charge in [-0.2, -0.15) is 0 Å². The molecule has 3 heteroatoms. The highest BCUT2D eigenvalue weighted by molar-refractivity contribution is 5.36. The third kappa shape index (κ3) is 5.04. The second-order valence-corrected chi connectivity index (χ2v) is 4.60. The van der Waals surface area contributed by atoms with Gasteiger partial charge in [0, 0.05) is 25.2 Å². The Kier molecular flexibility index (Phi) is 5.90. The lowest BCUT2D eigenvalue weighted by Gasteiger charge is -2.22. The predicted octanol–water partition coefficient (Wildman–Crippen LogP) is 2.12. The van der Waals surface area contributed by atoms with Crippen LogP contribution in [0, 0.1) is 11.8 Å². The molecule has 0 saturated carbocycles. The van der Waals surface area contributed by atoms with Crippen molar-refractivity contribution >= 4 is 0 Å². The van der Waals surface area contributed by atoms with Crippen LogP contribution >= 0.6 is 0 Å². The Bertz CT molecular complexity index is 439. The first kappa shape index (κ1) is 14.1. The second-order valence-electron chi connectivity index (χ2n) is 4.60. The van der Waals surface area contributed by atoms with Gasteiger partial charge in [0.2, 0.25) is 0 Å². The molecule has 3 nitrogen and oxygen atoms in total. The summed E-state index contributed by atoms with van der Waals surface area (Å²) in [4.78, 5) is 0. The maximum atomic E-state index is 8.69. The van der Waals surface area contributed by atoms with E-state index in [4.69, 9.17) is 14.6 Å². The van der Waals surface area contributed by atoms with Gasteiger partial charge in [0.05, 0.1) is 19.3 Å². The molecular weight excluding hydrogens is 240 g/mol. The third-order valence-corrected chi connectivity index (χ3v) is 3.05. The van der Waals surface area contributed by atoms with Gasteiger partial charge in [-0.05, 0) is 30.5 Å². The SMILES string of the molecule is OCCC#Cc1cccc(COC2CCOCC2)c1. The van der Waals surface area contributed by atoms with Crippen LogP contribution in [0.1, 0.15) is 30.4 Å². The van der Waals surface area contributed by atoms with E-state index in [0.29, 0.717) is 19.1 Å². The first-order chi connectivity index (χ1) is 9.38. The first-order valence-corrected chi connectivity index (χ1v) is 6.76. The highest BCUT2D eigenvalue weighted by Crippen LogP contribution is 2.14. The molecule has 1 saturated heterocycles. The van der Waals surface area contributed by atoms with Crippen molar-refractivity contribution in [3.05, 3.63) is 35.4 Å². The summed E-state index contributed by atoms with van der Waals surface area (Å²) in [6.07, 6.45) is 2.80. The monoisotopic (exact) mass is 260 g/mol. The minimum atomic E-state index is 0.111. The van der Waals surface area contributed by atoms with Crippen molar-refractivity contribution in [2.75, 3.05) is 19.8 Å². The highest BCUT2D eigenvalue weighted by Gasteiger charge is 2.13. The number of rotatable bonds is 4. The molecule has 0 aliphatic carbocycles. The molecule has 0 unspecified atom stereocenters. The fourth-order valence-electron chi connectivity index (χ4n) is 2.02. The summed E-state index contributed by atoms with van der Waals surface area (Å²) >= 11 is 0. The lowest BCUT2D eigenvalue weighted by atomic mass is 10.1. The summed E-state index contributed by atoms with van der Waals surface area (Å²) in [6, 6.07) is 8.06. The van der Waals surface area contributed by atoms with Crippen LogP contribution < -0.4 is 0 Å². The Labute approximate surface area is 114 Å². The van der Waals surface area contributed by atoms with Crippen LogP contribution in [-0.4, -0.2) is 31.0 Å². The minimum Gasteiger partial charge on any atom is -0.395 e. The average Bonchev–Trinajstić information content (AvgIpc) is 2.47. The van der Waals surface area contributed by atoms with Gasteiger partial charge in [-0.3, -0.25) is 0 Å². The van der Waals surface area contributed by atoms with Gasteiger partial charge in [0.25, 0.3) is 0 Å². The maximum Gasteiger partial charge on any atom is 0.0721 e. The third-order valence-electron chi connectivity index (χ3n) is 3.05. The van der Waals surface area contributed by atoms with Crippen LogP contribution in [0.2, 0.25) is 0 Å². The van der Waals surface area contributed by atoms with Gasteiger partial charge in [-0.1, -0.05) is 24.0 Å². The molecule has 19 heavy (non-hydrogen) atoms. The lowest BCUT2D eigenvalue weighted by Crippen LogP contribution is -2.23. The molecule has 1 aliphatic heterocycles. The number of benzene rings is 1. The number of ether oxygens (including phenoxy) is 2. The minimum absolute atomic E-state index is 0.111. The van der Waals surface area contributed by atoms with Crippen LogP contribution in [0.3, 0.4) is 0 Å². The van der Waals surface area contributed by atoms with Gasteiger partial charge in [0.1, 0.15) is 0 Å². The van der Waals surface area contributed by atoms with Gasteiger partial charge in [0.15, 0.2) is 0 Å². The van der Waals surface area contributed by atoms with Crippen molar-refractivity contribution in [3.8, 4) is 11.8 Å². The molecule has 0 spiro atoms. The molecule has 1 fully saturated rings. The normalized spacial score (nSPS) is 15.8. The van der Waals surface area contributed by atoms with E-state index in [1.54, 1.807) is 0 Å². The van der Waals surface area contributed by atoms with Gasteiger partial charge in [-0.15, -0.1) is 0 Å². The molecule has 1 N–H and O–H groups in total. The molecule has 2 rings (SSSR count).